The number of aromatic nitrogens is 2. The summed E-state index contributed by atoms with van der Waals surface area (Å²) in [5, 5.41) is 10.3. The molecule has 18 heavy (non-hydrogen) atoms. The number of H-pyrrole nitrogens is 1. The Hall–Kier alpha value is -2.01. The lowest BCUT2D eigenvalue weighted by atomic mass is 10.1. The van der Waals surface area contributed by atoms with Gasteiger partial charge in [-0.3, -0.25) is 10.4 Å². The van der Waals surface area contributed by atoms with Crippen molar-refractivity contribution in [2.24, 2.45) is 0 Å². The Morgan fingerprint density at radius 1 is 1.39 bits per heavy atom. The number of rotatable bonds is 2. The largest absolute Gasteiger partial charge is 0.453 e. The molecule has 5 nitrogen and oxygen atoms in total. The molecule has 0 saturated heterocycles. The van der Waals surface area contributed by atoms with E-state index in [9.17, 15) is 4.79 Å². The van der Waals surface area contributed by atoms with E-state index in [1.165, 1.54) is 7.11 Å². The Morgan fingerprint density at radius 2 is 2.06 bits per heavy atom. The number of hydrogen-bond donors (Lipinski definition) is 2. The van der Waals surface area contributed by atoms with Crippen LogP contribution in [-0.4, -0.2) is 23.4 Å². The van der Waals surface area contributed by atoms with Crippen LogP contribution in [0.1, 0.15) is 5.69 Å². The van der Waals surface area contributed by atoms with Crippen LogP contribution in [0, 0.1) is 6.92 Å². The van der Waals surface area contributed by atoms with Gasteiger partial charge in [0.2, 0.25) is 0 Å². The fraction of sp³-hybridized carbons (Fsp3) is 0.167. The summed E-state index contributed by atoms with van der Waals surface area (Å²) < 4.78 is 4.58. The van der Waals surface area contributed by atoms with Gasteiger partial charge >= 0.3 is 6.09 Å². The Balaban J connectivity index is 2.39. The summed E-state index contributed by atoms with van der Waals surface area (Å²) in [4.78, 5) is 11.3. The molecule has 1 aromatic heterocycles. The molecule has 0 unspecified atom stereocenters. The molecule has 6 heteroatoms. The van der Waals surface area contributed by atoms with Crippen LogP contribution in [0.3, 0.4) is 0 Å². The highest BCUT2D eigenvalue weighted by Gasteiger charge is 2.14. The molecule has 0 aliphatic rings. The molecule has 2 N–H and O–H groups in total. The van der Waals surface area contributed by atoms with E-state index in [0.29, 0.717) is 16.4 Å². The standard InChI is InChI=1S/C12H12ClN3O2/c1-7-10(14-12(17)18-2)11(16-15-7)8-3-5-9(13)6-4-8/h3-6H,1-2H3,(H,14,17)(H,15,16). The average molecular weight is 266 g/mol. The lowest BCUT2D eigenvalue weighted by Crippen LogP contribution is -2.11. The molecule has 1 aromatic carbocycles. The predicted molar refractivity (Wildman–Crippen MR) is 69.8 cm³/mol. The van der Waals surface area contributed by atoms with Gasteiger partial charge in [-0.05, 0) is 19.1 Å². The van der Waals surface area contributed by atoms with Crippen LogP contribution in [0.15, 0.2) is 24.3 Å². The second kappa shape index (κ2) is 5.10. The number of amides is 1. The Morgan fingerprint density at radius 3 is 2.67 bits per heavy atom. The van der Waals surface area contributed by atoms with Gasteiger partial charge in [-0.25, -0.2) is 4.79 Å². The lowest BCUT2D eigenvalue weighted by Gasteiger charge is -2.05. The maximum Gasteiger partial charge on any atom is 0.411 e. The third-order valence-corrected chi connectivity index (χ3v) is 2.73. The highest BCUT2D eigenvalue weighted by molar-refractivity contribution is 6.30. The number of aromatic amines is 1. The summed E-state index contributed by atoms with van der Waals surface area (Å²) in [7, 11) is 1.31. The van der Waals surface area contributed by atoms with Gasteiger partial charge < -0.3 is 4.74 Å². The van der Waals surface area contributed by atoms with Gasteiger partial charge in [0, 0.05) is 10.6 Å². The van der Waals surface area contributed by atoms with Crippen molar-refractivity contribution >= 4 is 23.4 Å². The number of benzene rings is 1. The molecule has 0 atom stereocenters. The van der Waals surface area contributed by atoms with Crippen molar-refractivity contribution in [1.82, 2.24) is 10.2 Å². The number of nitrogens with zero attached hydrogens (tertiary/aromatic N) is 1. The van der Waals surface area contributed by atoms with Gasteiger partial charge in [0.25, 0.3) is 0 Å². The third kappa shape index (κ3) is 2.46. The van der Waals surface area contributed by atoms with Crippen LogP contribution < -0.4 is 5.32 Å². The van der Waals surface area contributed by atoms with Crippen molar-refractivity contribution < 1.29 is 9.53 Å². The highest BCUT2D eigenvalue weighted by atomic mass is 35.5. The zero-order valence-electron chi connectivity index (χ0n) is 9.95. The quantitative estimate of drug-likeness (QED) is 0.876. The second-order valence-corrected chi connectivity index (χ2v) is 4.13. The van der Waals surface area contributed by atoms with E-state index in [0.717, 1.165) is 11.3 Å². The van der Waals surface area contributed by atoms with E-state index in [2.05, 4.69) is 20.3 Å². The molecule has 0 spiro atoms. The van der Waals surface area contributed by atoms with Crippen LogP contribution in [0.4, 0.5) is 10.5 Å². The van der Waals surface area contributed by atoms with Crippen LogP contribution in [0.5, 0.6) is 0 Å². The number of halogens is 1. The number of anilines is 1. The normalized spacial score (nSPS) is 10.2. The van der Waals surface area contributed by atoms with Gasteiger partial charge in [-0.2, -0.15) is 5.10 Å². The zero-order chi connectivity index (χ0) is 13.1. The first-order valence-corrected chi connectivity index (χ1v) is 5.65. The topological polar surface area (TPSA) is 67.0 Å². The maximum atomic E-state index is 11.3. The summed E-state index contributed by atoms with van der Waals surface area (Å²) >= 11 is 5.83. The van der Waals surface area contributed by atoms with Gasteiger partial charge in [-0.1, -0.05) is 23.7 Å². The molecule has 0 aliphatic heterocycles. The smallest absolute Gasteiger partial charge is 0.411 e. The zero-order valence-corrected chi connectivity index (χ0v) is 10.7. The minimum Gasteiger partial charge on any atom is -0.453 e. The number of carbonyl (C=O) groups is 1. The van der Waals surface area contributed by atoms with Crippen molar-refractivity contribution in [3.05, 3.63) is 35.0 Å². The van der Waals surface area contributed by atoms with Gasteiger partial charge in [0.1, 0.15) is 5.69 Å². The first-order valence-electron chi connectivity index (χ1n) is 5.27. The molecule has 1 amide bonds. The van der Waals surface area contributed by atoms with Gasteiger partial charge in [-0.15, -0.1) is 0 Å². The molecule has 0 bridgehead atoms. The maximum absolute atomic E-state index is 11.3. The number of methoxy groups -OCH3 is 1. The number of carbonyl (C=O) groups excluding carboxylic acids is 1. The summed E-state index contributed by atoms with van der Waals surface area (Å²) in [5.74, 6) is 0. The van der Waals surface area contributed by atoms with E-state index < -0.39 is 6.09 Å². The van der Waals surface area contributed by atoms with Gasteiger partial charge in [0.05, 0.1) is 18.5 Å². The molecule has 2 rings (SSSR count). The molecular weight excluding hydrogens is 254 g/mol. The van der Waals surface area contributed by atoms with E-state index in [4.69, 9.17) is 11.6 Å². The van der Waals surface area contributed by atoms with Gasteiger partial charge in [0.15, 0.2) is 0 Å². The minimum absolute atomic E-state index is 0.533. The van der Waals surface area contributed by atoms with Crippen molar-refractivity contribution in [3.63, 3.8) is 0 Å². The molecule has 0 fully saturated rings. The average Bonchev–Trinajstić information content (AvgIpc) is 2.72. The lowest BCUT2D eigenvalue weighted by molar-refractivity contribution is 0.187. The van der Waals surface area contributed by atoms with E-state index in [-0.39, 0.29) is 0 Å². The summed E-state index contributed by atoms with van der Waals surface area (Å²) in [6, 6.07) is 7.20. The minimum atomic E-state index is -0.533. The van der Waals surface area contributed by atoms with Crippen molar-refractivity contribution in [2.45, 2.75) is 6.92 Å². The molecule has 0 radical (unpaired) electrons. The summed E-state index contributed by atoms with van der Waals surface area (Å²) in [6.07, 6.45) is -0.533. The Kier molecular flexibility index (Phi) is 3.53. The summed E-state index contributed by atoms with van der Waals surface area (Å²) in [6.45, 7) is 1.82. The second-order valence-electron chi connectivity index (χ2n) is 3.70. The first kappa shape index (κ1) is 12.4. The molecule has 0 saturated carbocycles. The van der Waals surface area contributed by atoms with Crippen molar-refractivity contribution in [2.75, 3.05) is 12.4 Å². The summed E-state index contributed by atoms with van der Waals surface area (Å²) in [5.41, 5.74) is 2.86. The number of hydrogen-bond acceptors (Lipinski definition) is 3. The fourth-order valence-corrected chi connectivity index (χ4v) is 1.68. The van der Waals surface area contributed by atoms with Crippen LogP contribution >= 0.6 is 11.6 Å². The van der Waals surface area contributed by atoms with E-state index in [1.807, 2.05) is 19.1 Å². The van der Waals surface area contributed by atoms with Crippen molar-refractivity contribution in [3.8, 4) is 11.3 Å². The van der Waals surface area contributed by atoms with E-state index in [1.54, 1.807) is 12.1 Å². The Bertz CT molecular complexity index is 563. The fourth-order valence-electron chi connectivity index (χ4n) is 1.55. The van der Waals surface area contributed by atoms with Crippen LogP contribution in [0.2, 0.25) is 5.02 Å². The molecular formula is C12H12ClN3O2. The number of aryl methyl sites for hydroxylation is 1. The first-order chi connectivity index (χ1) is 8.61. The van der Waals surface area contributed by atoms with E-state index >= 15 is 0 Å². The number of nitrogens with one attached hydrogen (secondary N) is 2. The molecule has 94 valence electrons. The van der Waals surface area contributed by atoms with Crippen molar-refractivity contribution in [1.29, 1.82) is 0 Å². The SMILES string of the molecule is COC(=O)Nc1c(-c2ccc(Cl)cc2)n[nH]c1C. The number of ether oxygens (including phenoxy) is 1. The third-order valence-electron chi connectivity index (χ3n) is 2.48. The monoisotopic (exact) mass is 265 g/mol. The Labute approximate surface area is 109 Å². The molecule has 0 aliphatic carbocycles. The predicted octanol–water partition coefficient (Wildman–Crippen LogP) is 3.22. The van der Waals surface area contributed by atoms with Crippen LogP contribution in [-0.2, 0) is 4.74 Å². The molecule has 2 aromatic rings. The molecule has 1 heterocycles. The van der Waals surface area contributed by atoms with Crippen LogP contribution in [0.25, 0.3) is 11.3 Å². The highest BCUT2D eigenvalue weighted by Crippen LogP contribution is 2.29.